The van der Waals surface area contributed by atoms with Gasteiger partial charge < -0.3 is 25.1 Å². The molecule has 126 valence electrons. The molecule has 0 unspecified atom stereocenters. The van der Waals surface area contributed by atoms with Gasteiger partial charge in [-0.3, -0.25) is 0 Å². The van der Waals surface area contributed by atoms with Crippen LogP contribution in [0.25, 0.3) is 0 Å². The van der Waals surface area contributed by atoms with Gasteiger partial charge in [-0.2, -0.15) is 13.2 Å². The Kier molecular flexibility index (Phi) is 4.77. The quantitative estimate of drug-likeness (QED) is 0.880. The number of hydrogen-bond donors (Lipinski definition) is 1. The number of aromatic carboxylic acids is 2. The van der Waals surface area contributed by atoms with E-state index >= 15 is 0 Å². The van der Waals surface area contributed by atoms with Gasteiger partial charge in [0.1, 0.15) is 0 Å². The second-order valence-electron chi connectivity index (χ2n) is 4.89. The molecule has 0 radical (unpaired) electrons. The number of rotatable bonds is 5. The fourth-order valence-corrected chi connectivity index (χ4v) is 2.06. The Hall–Kier alpha value is -3.03. The highest BCUT2D eigenvalue weighted by atomic mass is 19.4. The third-order valence-corrected chi connectivity index (χ3v) is 3.21. The molecule has 0 heterocycles. The lowest BCUT2D eigenvalue weighted by atomic mass is 10.1. The molecule has 1 N–H and O–H groups in total. The molecular weight excluding hydrogens is 327 g/mol. The molecule has 0 aliphatic carbocycles. The summed E-state index contributed by atoms with van der Waals surface area (Å²) < 4.78 is 37.9. The Bertz CT molecular complexity index is 787. The Morgan fingerprint density at radius 3 is 2.21 bits per heavy atom. The lowest BCUT2D eigenvalue weighted by Gasteiger charge is -2.15. The number of carboxylic acid groups (broad SMARTS) is 2. The number of hydrogen-bond acceptors (Lipinski definition) is 5. The van der Waals surface area contributed by atoms with Gasteiger partial charge in [-0.25, -0.2) is 0 Å². The predicted octanol–water partition coefficient (Wildman–Crippen LogP) is 1.04. The van der Waals surface area contributed by atoms with Gasteiger partial charge in [0.05, 0.1) is 17.5 Å². The molecule has 0 amide bonds. The molecule has 24 heavy (non-hydrogen) atoms. The number of alkyl halides is 3. The van der Waals surface area contributed by atoms with Crippen molar-refractivity contribution in [2.45, 2.75) is 12.7 Å². The summed E-state index contributed by atoms with van der Waals surface area (Å²) in [6.45, 7) is -0.0128. The van der Waals surface area contributed by atoms with Crippen LogP contribution in [0.2, 0.25) is 0 Å². The average molecular weight is 337 g/mol. The molecule has 0 fully saturated rings. The van der Waals surface area contributed by atoms with Crippen molar-refractivity contribution in [2.75, 3.05) is 5.32 Å². The second-order valence-corrected chi connectivity index (χ2v) is 4.89. The highest BCUT2D eigenvalue weighted by Crippen LogP contribution is 2.29. The van der Waals surface area contributed by atoms with E-state index in [0.717, 1.165) is 24.3 Å². The van der Waals surface area contributed by atoms with Crippen LogP contribution in [0.3, 0.4) is 0 Å². The fraction of sp³-hybridized carbons (Fsp3) is 0.125. The average Bonchev–Trinajstić information content (AvgIpc) is 2.52. The molecule has 0 aliphatic heterocycles. The maximum absolute atomic E-state index is 12.6. The number of carboxylic acids is 2. The molecule has 0 bridgehead atoms. The standard InChI is InChI=1S/C16H12F3NO4/c17-16(18,19)10-3-1-2-9(6-10)8-20-11-4-5-12(14(21)22)13(7-11)15(23)24/h1-7,20H,8H2,(H,21,22)(H,23,24)/p-2. The van der Waals surface area contributed by atoms with Gasteiger partial charge >= 0.3 is 6.18 Å². The number of carbonyl (C=O) groups is 2. The second kappa shape index (κ2) is 6.61. The highest BCUT2D eigenvalue weighted by Gasteiger charge is 2.30. The summed E-state index contributed by atoms with van der Waals surface area (Å²) in [6.07, 6.45) is -4.46. The van der Waals surface area contributed by atoms with Crippen molar-refractivity contribution < 1.29 is 33.0 Å². The maximum atomic E-state index is 12.6. The minimum Gasteiger partial charge on any atom is -0.545 e. The largest absolute Gasteiger partial charge is 0.545 e. The van der Waals surface area contributed by atoms with E-state index in [4.69, 9.17) is 0 Å². The number of anilines is 1. The first-order valence-electron chi connectivity index (χ1n) is 6.65. The van der Waals surface area contributed by atoms with Crippen molar-refractivity contribution in [1.82, 2.24) is 0 Å². The normalized spacial score (nSPS) is 11.1. The number of halogens is 3. The molecule has 0 aliphatic rings. The lowest BCUT2D eigenvalue weighted by molar-refractivity contribution is -0.259. The van der Waals surface area contributed by atoms with Crippen molar-refractivity contribution in [3.05, 3.63) is 64.7 Å². The zero-order valence-electron chi connectivity index (χ0n) is 12.0. The molecule has 0 saturated carbocycles. The van der Waals surface area contributed by atoms with Gasteiger partial charge in [0.25, 0.3) is 0 Å². The first-order chi connectivity index (χ1) is 11.2. The van der Waals surface area contributed by atoms with Crippen LogP contribution in [-0.2, 0) is 12.7 Å². The molecule has 0 aromatic heterocycles. The van der Waals surface area contributed by atoms with Crippen LogP contribution in [0, 0.1) is 0 Å². The van der Waals surface area contributed by atoms with Crippen molar-refractivity contribution in [3.8, 4) is 0 Å². The first-order valence-corrected chi connectivity index (χ1v) is 6.65. The van der Waals surface area contributed by atoms with E-state index in [9.17, 15) is 33.0 Å². The molecule has 2 rings (SSSR count). The van der Waals surface area contributed by atoms with Gasteiger partial charge in [-0.05, 0) is 29.8 Å². The lowest BCUT2D eigenvalue weighted by Crippen LogP contribution is -2.30. The van der Waals surface area contributed by atoms with E-state index in [1.165, 1.54) is 18.2 Å². The molecule has 0 saturated heterocycles. The minimum atomic E-state index is -4.46. The van der Waals surface area contributed by atoms with E-state index < -0.39 is 34.8 Å². The number of benzene rings is 2. The molecule has 5 nitrogen and oxygen atoms in total. The summed E-state index contributed by atoms with van der Waals surface area (Å²) in [6, 6.07) is 7.95. The van der Waals surface area contributed by atoms with E-state index in [1.807, 2.05) is 0 Å². The van der Waals surface area contributed by atoms with Gasteiger partial charge in [0, 0.05) is 23.4 Å². The molecule has 2 aromatic rings. The monoisotopic (exact) mass is 337 g/mol. The predicted molar refractivity (Wildman–Crippen MR) is 73.9 cm³/mol. The number of nitrogens with one attached hydrogen (secondary N) is 1. The summed E-state index contributed by atoms with van der Waals surface area (Å²) >= 11 is 0. The smallest absolute Gasteiger partial charge is 0.416 e. The zero-order chi connectivity index (χ0) is 17.9. The van der Waals surface area contributed by atoms with Crippen LogP contribution in [-0.4, -0.2) is 11.9 Å². The maximum Gasteiger partial charge on any atom is 0.416 e. The van der Waals surface area contributed by atoms with Crippen LogP contribution in [0.15, 0.2) is 42.5 Å². The first kappa shape index (κ1) is 17.3. The van der Waals surface area contributed by atoms with Crippen LogP contribution < -0.4 is 15.5 Å². The van der Waals surface area contributed by atoms with E-state index in [1.54, 1.807) is 0 Å². The summed E-state index contributed by atoms with van der Waals surface area (Å²) in [5, 5.41) is 24.5. The van der Waals surface area contributed by atoms with Crippen LogP contribution in [0.4, 0.5) is 18.9 Å². The van der Waals surface area contributed by atoms with Gasteiger partial charge in [-0.1, -0.05) is 18.2 Å². The third-order valence-electron chi connectivity index (χ3n) is 3.21. The van der Waals surface area contributed by atoms with Crippen LogP contribution in [0.5, 0.6) is 0 Å². The van der Waals surface area contributed by atoms with E-state index in [0.29, 0.717) is 5.56 Å². The van der Waals surface area contributed by atoms with Crippen molar-refractivity contribution in [3.63, 3.8) is 0 Å². The third kappa shape index (κ3) is 4.03. The summed E-state index contributed by atoms with van der Waals surface area (Å²) in [7, 11) is 0. The Morgan fingerprint density at radius 2 is 1.62 bits per heavy atom. The van der Waals surface area contributed by atoms with Crippen LogP contribution >= 0.6 is 0 Å². The number of carbonyl (C=O) groups excluding carboxylic acids is 2. The highest BCUT2D eigenvalue weighted by molar-refractivity contribution is 6.00. The fourth-order valence-electron chi connectivity index (χ4n) is 2.06. The Morgan fingerprint density at radius 1 is 0.958 bits per heavy atom. The molecule has 8 heteroatoms. The van der Waals surface area contributed by atoms with Crippen LogP contribution in [0.1, 0.15) is 31.8 Å². The minimum absolute atomic E-state index is 0.0128. The molecule has 2 aromatic carbocycles. The van der Waals surface area contributed by atoms with Gasteiger partial charge in [0.2, 0.25) is 0 Å². The molecule has 0 atom stereocenters. The summed E-state index contributed by atoms with van der Waals surface area (Å²) in [5.41, 5.74) is -1.38. The molecular formula is C16H10F3NO4-2. The zero-order valence-corrected chi connectivity index (χ0v) is 12.0. The van der Waals surface area contributed by atoms with E-state index in [-0.39, 0.29) is 12.2 Å². The van der Waals surface area contributed by atoms with Crippen molar-refractivity contribution in [1.29, 1.82) is 0 Å². The molecule has 0 spiro atoms. The van der Waals surface area contributed by atoms with Gasteiger partial charge in [0.15, 0.2) is 0 Å². The summed E-state index contributed by atoms with van der Waals surface area (Å²) in [4.78, 5) is 21.8. The SMILES string of the molecule is O=C([O-])c1ccc(NCc2cccc(C(F)(F)F)c2)cc1C(=O)[O-]. The Labute approximate surface area is 134 Å². The summed E-state index contributed by atoms with van der Waals surface area (Å²) in [5.74, 6) is -3.37. The van der Waals surface area contributed by atoms with E-state index in [2.05, 4.69) is 5.32 Å². The topological polar surface area (TPSA) is 92.3 Å². The van der Waals surface area contributed by atoms with Crippen molar-refractivity contribution >= 4 is 17.6 Å². The van der Waals surface area contributed by atoms with Crippen molar-refractivity contribution in [2.24, 2.45) is 0 Å². The Balaban J connectivity index is 2.19. The van der Waals surface area contributed by atoms with Gasteiger partial charge in [-0.15, -0.1) is 0 Å².